The van der Waals surface area contributed by atoms with E-state index in [9.17, 15) is 0 Å². The molecule has 1 heterocycles. The van der Waals surface area contributed by atoms with Crippen molar-refractivity contribution < 1.29 is 0 Å². The third-order valence-corrected chi connectivity index (χ3v) is 3.46. The highest BCUT2D eigenvalue weighted by Crippen LogP contribution is 2.37. The van der Waals surface area contributed by atoms with Gasteiger partial charge in [0, 0.05) is 6.04 Å². The van der Waals surface area contributed by atoms with Gasteiger partial charge >= 0.3 is 0 Å². The second kappa shape index (κ2) is 2.79. The first-order valence-electron chi connectivity index (χ1n) is 5.10. The molecule has 1 heteroatoms. The van der Waals surface area contributed by atoms with Crippen molar-refractivity contribution in [2.75, 3.05) is 0 Å². The minimum atomic E-state index is 0.583. The highest BCUT2D eigenvalue weighted by atomic mass is 14.9. The number of hydrogen-bond donors (Lipinski definition) is 1. The summed E-state index contributed by atoms with van der Waals surface area (Å²) in [6.07, 6.45) is 9.99. The van der Waals surface area contributed by atoms with E-state index in [4.69, 9.17) is 0 Å². The van der Waals surface area contributed by atoms with Crippen LogP contribution >= 0.6 is 0 Å². The molecule has 1 saturated carbocycles. The lowest BCUT2D eigenvalue weighted by molar-refractivity contribution is 0.310. The fourth-order valence-corrected chi connectivity index (χ4v) is 2.38. The summed E-state index contributed by atoms with van der Waals surface area (Å²) in [5.41, 5.74) is 0.583. The van der Waals surface area contributed by atoms with E-state index >= 15 is 0 Å². The molecule has 1 fully saturated rings. The maximum Gasteiger partial charge on any atom is 0.0319 e. The van der Waals surface area contributed by atoms with E-state index in [2.05, 4.69) is 31.4 Å². The van der Waals surface area contributed by atoms with Crippen LogP contribution in [0.4, 0.5) is 0 Å². The molecular weight excluding hydrogens is 146 g/mol. The van der Waals surface area contributed by atoms with Gasteiger partial charge in [-0.15, -0.1) is 0 Å². The standard InChI is InChI=1S/C11H19N/c1-11(2)6-3-9-5-8-12-10(9)4-7-11/h5,8-10,12H,3-4,6-7H2,1-2H3. The lowest BCUT2D eigenvalue weighted by atomic mass is 9.85. The van der Waals surface area contributed by atoms with Crippen molar-refractivity contribution in [1.82, 2.24) is 5.32 Å². The van der Waals surface area contributed by atoms with Crippen LogP contribution < -0.4 is 5.32 Å². The molecule has 1 aliphatic heterocycles. The summed E-state index contributed by atoms with van der Waals surface area (Å²) >= 11 is 0. The Morgan fingerprint density at radius 3 is 2.83 bits per heavy atom. The van der Waals surface area contributed by atoms with Crippen molar-refractivity contribution in [3.8, 4) is 0 Å². The van der Waals surface area contributed by atoms with Gasteiger partial charge in [0.1, 0.15) is 0 Å². The number of fused-ring (bicyclic) bond motifs is 1. The van der Waals surface area contributed by atoms with Gasteiger partial charge in [-0.3, -0.25) is 0 Å². The third kappa shape index (κ3) is 1.50. The number of rotatable bonds is 0. The van der Waals surface area contributed by atoms with Crippen molar-refractivity contribution in [3.05, 3.63) is 12.3 Å². The molecule has 0 aromatic carbocycles. The molecular formula is C11H19N. The Balaban J connectivity index is 2.03. The highest BCUT2D eigenvalue weighted by molar-refractivity contribution is 5.04. The van der Waals surface area contributed by atoms with Gasteiger partial charge in [-0.25, -0.2) is 0 Å². The summed E-state index contributed by atoms with van der Waals surface area (Å²) in [5, 5.41) is 3.46. The molecule has 1 N–H and O–H groups in total. The van der Waals surface area contributed by atoms with Crippen LogP contribution in [0.2, 0.25) is 0 Å². The molecule has 0 spiro atoms. The van der Waals surface area contributed by atoms with E-state index in [1.165, 1.54) is 25.7 Å². The van der Waals surface area contributed by atoms with Gasteiger partial charge in [0.2, 0.25) is 0 Å². The fraction of sp³-hybridized carbons (Fsp3) is 0.818. The van der Waals surface area contributed by atoms with E-state index in [0.717, 1.165) is 12.0 Å². The molecule has 0 saturated heterocycles. The molecule has 1 aliphatic carbocycles. The SMILES string of the molecule is CC1(C)CCC2C=CNC2CC1. The van der Waals surface area contributed by atoms with Crippen LogP contribution in [-0.4, -0.2) is 6.04 Å². The second-order valence-electron chi connectivity index (χ2n) is 5.04. The van der Waals surface area contributed by atoms with Crippen molar-refractivity contribution in [2.45, 2.75) is 45.6 Å². The smallest absolute Gasteiger partial charge is 0.0319 e. The van der Waals surface area contributed by atoms with E-state index in [1.807, 2.05) is 0 Å². The van der Waals surface area contributed by atoms with Crippen molar-refractivity contribution >= 4 is 0 Å². The molecule has 0 bridgehead atoms. The summed E-state index contributed by atoms with van der Waals surface area (Å²) in [6.45, 7) is 4.80. The summed E-state index contributed by atoms with van der Waals surface area (Å²) in [7, 11) is 0. The number of hydrogen-bond acceptors (Lipinski definition) is 1. The molecule has 1 nitrogen and oxygen atoms in total. The van der Waals surface area contributed by atoms with E-state index < -0.39 is 0 Å². The normalized spacial score (nSPS) is 38.5. The summed E-state index contributed by atoms with van der Waals surface area (Å²) in [5.74, 6) is 0.826. The minimum absolute atomic E-state index is 0.583. The Morgan fingerprint density at radius 2 is 2.00 bits per heavy atom. The molecule has 2 unspecified atom stereocenters. The molecule has 2 aliphatic rings. The van der Waals surface area contributed by atoms with Crippen molar-refractivity contribution in [2.24, 2.45) is 11.3 Å². The van der Waals surface area contributed by atoms with E-state index in [1.54, 1.807) is 0 Å². The zero-order valence-electron chi connectivity index (χ0n) is 8.14. The molecule has 12 heavy (non-hydrogen) atoms. The Bertz CT molecular complexity index is 193. The predicted molar refractivity (Wildman–Crippen MR) is 51.8 cm³/mol. The zero-order valence-corrected chi connectivity index (χ0v) is 8.14. The first-order chi connectivity index (χ1) is 5.67. The fourth-order valence-electron chi connectivity index (χ4n) is 2.38. The van der Waals surface area contributed by atoms with Crippen LogP contribution in [0.15, 0.2) is 12.3 Å². The first-order valence-corrected chi connectivity index (χ1v) is 5.10. The van der Waals surface area contributed by atoms with Gasteiger partial charge in [0.05, 0.1) is 0 Å². The predicted octanol–water partition coefficient (Wildman–Crippen LogP) is 2.69. The van der Waals surface area contributed by atoms with Gasteiger partial charge in [-0.2, -0.15) is 0 Å². The Morgan fingerprint density at radius 1 is 1.25 bits per heavy atom. The monoisotopic (exact) mass is 165 g/mol. The molecule has 68 valence electrons. The second-order valence-corrected chi connectivity index (χ2v) is 5.04. The van der Waals surface area contributed by atoms with Crippen LogP contribution in [-0.2, 0) is 0 Å². The van der Waals surface area contributed by atoms with E-state index in [-0.39, 0.29) is 0 Å². The van der Waals surface area contributed by atoms with Crippen LogP contribution in [0.5, 0.6) is 0 Å². The quantitative estimate of drug-likeness (QED) is 0.582. The Kier molecular flexibility index (Phi) is 1.90. The van der Waals surface area contributed by atoms with Gasteiger partial charge in [-0.05, 0) is 43.2 Å². The average Bonchev–Trinajstić information content (AvgIpc) is 2.40. The Hall–Kier alpha value is -0.460. The van der Waals surface area contributed by atoms with Crippen LogP contribution in [0.25, 0.3) is 0 Å². The molecule has 0 aromatic heterocycles. The van der Waals surface area contributed by atoms with Gasteiger partial charge in [0.25, 0.3) is 0 Å². The highest BCUT2D eigenvalue weighted by Gasteiger charge is 2.30. The molecule has 2 rings (SSSR count). The van der Waals surface area contributed by atoms with E-state index in [0.29, 0.717) is 5.41 Å². The lowest BCUT2D eigenvalue weighted by Gasteiger charge is -2.21. The van der Waals surface area contributed by atoms with Gasteiger partial charge in [-0.1, -0.05) is 19.9 Å². The topological polar surface area (TPSA) is 12.0 Å². The molecule has 2 atom stereocenters. The Labute approximate surface area is 75.2 Å². The van der Waals surface area contributed by atoms with Crippen LogP contribution in [0.1, 0.15) is 39.5 Å². The molecule has 0 aromatic rings. The maximum atomic E-state index is 3.46. The van der Waals surface area contributed by atoms with Crippen LogP contribution in [0.3, 0.4) is 0 Å². The first kappa shape index (κ1) is 8.15. The summed E-state index contributed by atoms with van der Waals surface area (Å²) in [6, 6.07) is 0.756. The van der Waals surface area contributed by atoms with Crippen LogP contribution in [0, 0.1) is 11.3 Å². The third-order valence-electron chi connectivity index (χ3n) is 3.46. The zero-order chi connectivity index (χ0) is 8.60. The van der Waals surface area contributed by atoms with Crippen molar-refractivity contribution in [1.29, 1.82) is 0 Å². The maximum absolute atomic E-state index is 3.46. The summed E-state index contributed by atoms with van der Waals surface area (Å²) < 4.78 is 0. The molecule has 0 radical (unpaired) electrons. The van der Waals surface area contributed by atoms with Gasteiger partial charge in [0.15, 0.2) is 0 Å². The number of nitrogens with one attached hydrogen (secondary N) is 1. The lowest BCUT2D eigenvalue weighted by Crippen LogP contribution is -2.25. The summed E-state index contributed by atoms with van der Waals surface area (Å²) in [4.78, 5) is 0. The van der Waals surface area contributed by atoms with Crippen molar-refractivity contribution in [3.63, 3.8) is 0 Å². The average molecular weight is 165 g/mol. The molecule has 0 amide bonds. The van der Waals surface area contributed by atoms with Gasteiger partial charge < -0.3 is 5.32 Å². The minimum Gasteiger partial charge on any atom is -0.388 e. The largest absolute Gasteiger partial charge is 0.388 e.